The van der Waals surface area contributed by atoms with E-state index in [1.165, 1.54) is 5.01 Å². The highest BCUT2D eigenvalue weighted by Gasteiger charge is 2.46. The van der Waals surface area contributed by atoms with Gasteiger partial charge in [-0.1, -0.05) is 42.3 Å². The van der Waals surface area contributed by atoms with Crippen molar-refractivity contribution < 1.29 is 9.59 Å². The summed E-state index contributed by atoms with van der Waals surface area (Å²) in [6, 6.07) is 13.5. The summed E-state index contributed by atoms with van der Waals surface area (Å²) in [7, 11) is 0. The number of rotatable bonds is 4. The van der Waals surface area contributed by atoms with E-state index in [-0.39, 0.29) is 12.3 Å². The molecule has 0 bridgehead atoms. The van der Waals surface area contributed by atoms with Crippen molar-refractivity contribution in [3.8, 4) is 0 Å². The predicted molar refractivity (Wildman–Crippen MR) is 109 cm³/mol. The molecule has 2 amide bonds. The SMILES string of the molecule is CCC(=O)C1(C)CN(C(=O)Nc2ccc(Cl)cc2)N=C1c1ccc(Cl)cc1. The third kappa shape index (κ3) is 3.99. The maximum atomic E-state index is 12.7. The highest BCUT2D eigenvalue weighted by molar-refractivity contribution is 6.31. The quantitative estimate of drug-likeness (QED) is 0.759. The van der Waals surface area contributed by atoms with Crippen LogP contribution in [0.1, 0.15) is 25.8 Å². The summed E-state index contributed by atoms with van der Waals surface area (Å²) in [6.07, 6.45) is 0.357. The van der Waals surface area contributed by atoms with Gasteiger partial charge in [0.05, 0.1) is 17.7 Å². The van der Waals surface area contributed by atoms with Crippen LogP contribution < -0.4 is 5.32 Å². The average molecular weight is 404 g/mol. The zero-order valence-corrected chi connectivity index (χ0v) is 16.5. The van der Waals surface area contributed by atoms with Crippen LogP contribution in [0.5, 0.6) is 0 Å². The van der Waals surface area contributed by atoms with E-state index in [2.05, 4.69) is 10.4 Å². The van der Waals surface area contributed by atoms with Crippen LogP contribution in [-0.2, 0) is 4.79 Å². The monoisotopic (exact) mass is 403 g/mol. The second kappa shape index (κ2) is 7.71. The molecule has 1 aliphatic heterocycles. The first-order valence-corrected chi connectivity index (χ1v) is 9.31. The number of nitrogens with one attached hydrogen (secondary N) is 1. The van der Waals surface area contributed by atoms with E-state index in [9.17, 15) is 9.59 Å². The van der Waals surface area contributed by atoms with E-state index in [1.54, 1.807) is 36.4 Å². The molecule has 1 unspecified atom stereocenters. The number of carbonyl (C=O) groups is 2. The molecule has 0 saturated heterocycles. The molecule has 0 spiro atoms. The molecule has 3 rings (SSSR count). The standard InChI is InChI=1S/C20H19Cl2N3O2/c1-3-17(26)20(2)12-25(19(27)23-16-10-8-15(22)9-11-16)24-18(20)13-4-6-14(21)7-5-13/h4-11H,3,12H2,1-2H3,(H,23,27). The number of ketones is 1. The predicted octanol–water partition coefficient (Wildman–Crippen LogP) is 5.23. The third-order valence-corrected chi connectivity index (χ3v) is 5.10. The van der Waals surface area contributed by atoms with Gasteiger partial charge < -0.3 is 5.32 Å². The number of halogens is 2. The summed E-state index contributed by atoms with van der Waals surface area (Å²) in [5, 5.41) is 9.72. The topological polar surface area (TPSA) is 61.8 Å². The lowest BCUT2D eigenvalue weighted by atomic mass is 9.77. The number of anilines is 1. The lowest BCUT2D eigenvalue weighted by Crippen LogP contribution is -2.41. The molecule has 27 heavy (non-hydrogen) atoms. The normalized spacial score (nSPS) is 19.0. The van der Waals surface area contributed by atoms with Crippen molar-refractivity contribution in [2.45, 2.75) is 20.3 Å². The first-order chi connectivity index (χ1) is 12.8. The van der Waals surface area contributed by atoms with E-state index >= 15 is 0 Å². The molecule has 7 heteroatoms. The fourth-order valence-electron chi connectivity index (χ4n) is 3.07. The first kappa shape index (κ1) is 19.4. The maximum Gasteiger partial charge on any atom is 0.342 e. The summed E-state index contributed by atoms with van der Waals surface area (Å²) in [6.45, 7) is 3.81. The molecule has 0 fully saturated rings. The Balaban J connectivity index is 1.90. The lowest BCUT2D eigenvalue weighted by molar-refractivity contribution is -0.124. The molecule has 2 aromatic carbocycles. The van der Waals surface area contributed by atoms with Gasteiger partial charge in [0, 0.05) is 22.2 Å². The van der Waals surface area contributed by atoms with Crippen LogP contribution in [0.3, 0.4) is 0 Å². The van der Waals surface area contributed by atoms with Crippen molar-refractivity contribution in [1.82, 2.24) is 5.01 Å². The van der Waals surface area contributed by atoms with Crippen molar-refractivity contribution in [2.24, 2.45) is 10.5 Å². The summed E-state index contributed by atoms with van der Waals surface area (Å²) in [4.78, 5) is 25.3. The molecule has 2 aromatic rings. The number of Topliss-reactive ketones (excluding diaryl/α,β-unsaturated/α-hetero) is 1. The molecule has 0 saturated carbocycles. The molecule has 1 heterocycles. The second-order valence-electron chi connectivity index (χ2n) is 6.56. The highest BCUT2D eigenvalue weighted by Crippen LogP contribution is 2.34. The van der Waals surface area contributed by atoms with Gasteiger partial charge in [0.25, 0.3) is 0 Å². The van der Waals surface area contributed by atoms with Gasteiger partial charge in [-0.15, -0.1) is 0 Å². The summed E-state index contributed by atoms with van der Waals surface area (Å²) >= 11 is 11.8. The van der Waals surface area contributed by atoms with Gasteiger partial charge in [-0.2, -0.15) is 5.10 Å². The molecule has 140 valence electrons. The number of amides is 2. The lowest BCUT2D eigenvalue weighted by Gasteiger charge is -2.24. The fraction of sp³-hybridized carbons (Fsp3) is 0.250. The van der Waals surface area contributed by atoms with Crippen LogP contribution in [-0.4, -0.2) is 29.1 Å². The molecular formula is C20H19Cl2N3O2. The van der Waals surface area contributed by atoms with Crippen molar-refractivity contribution in [3.63, 3.8) is 0 Å². The van der Waals surface area contributed by atoms with Gasteiger partial charge in [-0.05, 0) is 48.9 Å². The number of benzene rings is 2. The Bertz CT molecular complexity index is 894. The Morgan fingerprint density at radius 1 is 1.07 bits per heavy atom. The van der Waals surface area contributed by atoms with Gasteiger partial charge in [0.1, 0.15) is 5.78 Å². The number of hydrogen-bond acceptors (Lipinski definition) is 3. The van der Waals surface area contributed by atoms with Gasteiger partial charge >= 0.3 is 6.03 Å². The van der Waals surface area contributed by atoms with Crippen molar-refractivity contribution in [2.75, 3.05) is 11.9 Å². The molecular weight excluding hydrogens is 385 g/mol. The first-order valence-electron chi connectivity index (χ1n) is 8.56. The maximum absolute atomic E-state index is 12.7. The Morgan fingerprint density at radius 2 is 1.63 bits per heavy atom. The molecule has 1 atom stereocenters. The van der Waals surface area contributed by atoms with Gasteiger partial charge in [0.15, 0.2) is 0 Å². The van der Waals surface area contributed by atoms with Crippen LogP contribution in [0.4, 0.5) is 10.5 Å². The summed E-state index contributed by atoms with van der Waals surface area (Å²) in [5.74, 6) is 0.0259. The Hall–Kier alpha value is -2.37. The molecule has 0 aliphatic carbocycles. The van der Waals surface area contributed by atoms with Crippen LogP contribution in [0.15, 0.2) is 53.6 Å². The Morgan fingerprint density at radius 3 is 2.19 bits per heavy atom. The van der Waals surface area contributed by atoms with E-state index in [0.717, 1.165) is 5.56 Å². The number of urea groups is 1. The number of hydrogen-bond donors (Lipinski definition) is 1. The number of nitrogens with zero attached hydrogens (tertiary/aromatic N) is 2. The molecule has 5 nitrogen and oxygen atoms in total. The zero-order chi connectivity index (χ0) is 19.6. The van der Waals surface area contributed by atoms with Gasteiger partial charge in [-0.3, -0.25) is 4.79 Å². The largest absolute Gasteiger partial charge is 0.342 e. The summed E-state index contributed by atoms with van der Waals surface area (Å²) < 4.78 is 0. The minimum absolute atomic E-state index is 0.0259. The Labute approximate surface area is 168 Å². The minimum atomic E-state index is -0.875. The number of carbonyl (C=O) groups excluding carboxylic acids is 2. The minimum Gasteiger partial charge on any atom is -0.306 e. The highest BCUT2D eigenvalue weighted by atomic mass is 35.5. The van der Waals surface area contributed by atoms with Crippen LogP contribution >= 0.6 is 23.2 Å². The van der Waals surface area contributed by atoms with E-state index < -0.39 is 11.4 Å². The van der Waals surface area contributed by atoms with E-state index in [1.807, 2.05) is 26.0 Å². The van der Waals surface area contributed by atoms with Crippen LogP contribution in [0, 0.1) is 5.41 Å². The third-order valence-electron chi connectivity index (χ3n) is 4.59. The second-order valence-corrected chi connectivity index (χ2v) is 7.43. The van der Waals surface area contributed by atoms with Crippen LogP contribution in [0.25, 0.3) is 0 Å². The zero-order valence-electron chi connectivity index (χ0n) is 15.0. The van der Waals surface area contributed by atoms with Crippen molar-refractivity contribution >= 4 is 46.4 Å². The summed E-state index contributed by atoms with van der Waals surface area (Å²) in [5.41, 5.74) is 1.06. The van der Waals surface area contributed by atoms with Crippen molar-refractivity contribution in [3.05, 3.63) is 64.1 Å². The molecule has 0 aromatic heterocycles. The van der Waals surface area contributed by atoms with Crippen molar-refractivity contribution in [1.29, 1.82) is 0 Å². The van der Waals surface area contributed by atoms with E-state index in [0.29, 0.717) is 27.9 Å². The van der Waals surface area contributed by atoms with Gasteiger partial charge in [-0.25, -0.2) is 9.80 Å². The smallest absolute Gasteiger partial charge is 0.306 e. The fourth-order valence-corrected chi connectivity index (χ4v) is 3.33. The number of hydrazone groups is 1. The molecule has 1 N–H and O–H groups in total. The Kier molecular flexibility index (Phi) is 5.53. The van der Waals surface area contributed by atoms with Crippen LogP contribution in [0.2, 0.25) is 10.0 Å². The van der Waals surface area contributed by atoms with E-state index in [4.69, 9.17) is 23.2 Å². The van der Waals surface area contributed by atoms with Gasteiger partial charge in [0.2, 0.25) is 0 Å². The molecule has 0 radical (unpaired) electrons. The average Bonchev–Trinajstić information content (AvgIpc) is 3.02. The molecule has 1 aliphatic rings.